The summed E-state index contributed by atoms with van der Waals surface area (Å²) >= 11 is 0. The van der Waals surface area contributed by atoms with Crippen LogP contribution in [-0.2, 0) is 50.9 Å². The van der Waals surface area contributed by atoms with Crippen molar-refractivity contribution in [2.45, 2.75) is 199 Å². The lowest BCUT2D eigenvalue weighted by Gasteiger charge is -2.37. The Morgan fingerprint density at radius 2 is 0.589 bits per heavy atom. The van der Waals surface area contributed by atoms with E-state index in [9.17, 15) is 20.4 Å². The highest BCUT2D eigenvalue weighted by Gasteiger charge is 2.41. The zero-order chi connectivity index (χ0) is 69.3. The monoisotopic (exact) mass is 1400 g/mol. The lowest BCUT2D eigenvalue weighted by atomic mass is 9.65. The molecule has 0 bridgehead atoms. The van der Waals surface area contributed by atoms with Crippen molar-refractivity contribution in [2.75, 3.05) is 140 Å². The predicted octanol–water partition coefficient (Wildman–Crippen LogP) is 13.9. The summed E-state index contributed by atoms with van der Waals surface area (Å²) in [5, 5.41) is 58.2. The molecule has 0 aliphatic heterocycles. The molecule has 5 atom stereocenters. The Labute approximate surface area is 577 Å². The summed E-state index contributed by atoms with van der Waals surface area (Å²) in [6.07, 6.45) is 6.06. The van der Waals surface area contributed by atoms with Crippen molar-refractivity contribution in [3.05, 3.63) is 119 Å². The number of ether oxygens (including phenoxy) is 4. The molecule has 0 aliphatic carbocycles. The van der Waals surface area contributed by atoms with Crippen molar-refractivity contribution in [1.82, 2.24) is 0 Å². The van der Waals surface area contributed by atoms with E-state index < -0.39 is 63.6 Å². The van der Waals surface area contributed by atoms with Gasteiger partial charge in [-0.1, -0.05) is 116 Å². The van der Waals surface area contributed by atoms with Crippen LogP contribution in [0.1, 0.15) is 128 Å². The third kappa shape index (κ3) is 33.0. The topological polar surface area (TPSA) is 221 Å². The zero-order valence-electron chi connectivity index (χ0n) is 60.5. The van der Waals surface area contributed by atoms with Crippen LogP contribution in [0.5, 0.6) is 0 Å². The molecule has 95 heavy (non-hydrogen) atoms. The molecule has 8 N–H and O–H groups in total. The minimum Gasteiger partial charge on any atom is -0.417 e. The van der Waals surface area contributed by atoms with Crippen molar-refractivity contribution >= 4 is 56.5 Å². The third-order valence-corrected chi connectivity index (χ3v) is 26.3. The molecule has 0 spiro atoms. The van der Waals surface area contributed by atoms with E-state index in [4.69, 9.17) is 45.5 Å². The van der Waals surface area contributed by atoms with Crippen LogP contribution in [0.25, 0.3) is 0 Å². The molecule has 0 saturated heterocycles. The summed E-state index contributed by atoms with van der Waals surface area (Å²) in [5.41, 5.74) is 6.47. The molecule has 0 heterocycles. The van der Waals surface area contributed by atoms with E-state index in [0.717, 1.165) is 121 Å². The SMILES string of the molecule is CCCO[Si](C)(C)CCCOCC(O)CNc1ccc(C(c2ccc(NCC(O)COCCC[Si](C)(C)C)cc2)(c2ccc(NCC(O)COCCC[Si](C)(OCCC)OCCC)cc2)c2ccc(NCC(O)COCCC[Si](OCCC)(OCCC)OCCC)cc2)cc1. The molecule has 5 unspecified atom stereocenters. The molecule has 0 fully saturated rings. The first kappa shape index (κ1) is 83.8. The van der Waals surface area contributed by atoms with Crippen molar-refractivity contribution in [2.24, 2.45) is 0 Å². The van der Waals surface area contributed by atoms with Crippen LogP contribution in [0.2, 0.25) is 63.5 Å². The highest BCUT2D eigenvalue weighted by atomic mass is 28.4. The Morgan fingerprint density at radius 3 is 0.884 bits per heavy atom. The van der Waals surface area contributed by atoms with Crippen LogP contribution in [0.4, 0.5) is 22.7 Å². The molecule has 0 saturated carbocycles. The second-order valence-corrected chi connectivity index (χ2v) is 43.1. The van der Waals surface area contributed by atoms with E-state index in [1.165, 1.54) is 6.04 Å². The molecule has 540 valence electrons. The Bertz CT molecular complexity index is 2530. The average Bonchev–Trinajstić information content (AvgIpc) is 0.734. The highest BCUT2D eigenvalue weighted by molar-refractivity contribution is 6.76. The molecule has 4 aromatic rings. The molecule has 4 aromatic carbocycles. The molecule has 18 nitrogen and oxygen atoms in total. The van der Waals surface area contributed by atoms with Crippen LogP contribution < -0.4 is 21.3 Å². The van der Waals surface area contributed by atoms with Crippen LogP contribution in [0, 0.1) is 0 Å². The second kappa shape index (κ2) is 46.7. The number of aliphatic hydroxyl groups is 4. The number of aliphatic hydroxyl groups excluding tert-OH is 4. The minimum absolute atomic E-state index is 0.163. The fraction of sp³-hybridized carbons (Fsp3) is 0.671. The molecular weight excluding hydrogens is 1270 g/mol. The average molecular weight is 1400 g/mol. The van der Waals surface area contributed by atoms with Gasteiger partial charge < -0.3 is 87.2 Å². The van der Waals surface area contributed by atoms with Gasteiger partial charge >= 0.3 is 17.4 Å². The zero-order valence-corrected chi connectivity index (χ0v) is 64.5. The van der Waals surface area contributed by atoms with E-state index in [0.29, 0.717) is 91.6 Å². The van der Waals surface area contributed by atoms with Crippen molar-refractivity contribution < 1.29 is 65.9 Å². The maximum atomic E-state index is 11.2. The van der Waals surface area contributed by atoms with Gasteiger partial charge in [-0.25, -0.2) is 0 Å². The van der Waals surface area contributed by atoms with Gasteiger partial charge in [-0.2, -0.15) is 0 Å². The summed E-state index contributed by atoms with van der Waals surface area (Å²) in [4.78, 5) is 0. The molecule has 0 radical (unpaired) electrons. The van der Waals surface area contributed by atoms with E-state index in [-0.39, 0.29) is 33.0 Å². The number of nitrogens with one attached hydrogen (secondary N) is 4. The first-order chi connectivity index (χ1) is 45.7. The van der Waals surface area contributed by atoms with E-state index in [1.54, 1.807) is 0 Å². The number of benzene rings is 4. The van der Waals surface area contributed by atoms with Crippen LogP contribution in [0.15, 0.2) is 97.1 Å². The number of hydrogen-bond donors (Lipinski definition) is 8. The maximum Gasteiger partial charge on any atom is 0.501 e. The summed E-state index contributed by atoms with van der Waals surface area (Å²) in [5.74, 6) is 0. The maximum absolute atomic E-state index is 11.2. The first-order valence-electron chi connectivity index (χ1n) is 35.9. The second-order valence-electron chi connectivity index (χ2n) is 27.1. The Hall–Kier alpha value is -3.61. The van der Waals surface area contributed by atoms with Gasteiger partial charge in [-0.3, -0.25) is 0 Å². The largest absolute Gasteiger partial charge is 0.501 e. The number of rotatable bonds is 58. The van der Waals surface area contributed by atoms with Gasteiger partial charge in [0.1, 0.15) is 0 Å². The van der Waals surface area contributed by atoms with Gasteiger partial charge in [0.05, 0.1) is 56.3 Å². The van der Waals surface area contributed by atoms with Gasteiger partial charge in [-0.15, -0.1) is 0 Å². The highest BCUT2D eigenvalue weighted by Crippen LogP contribution is 2.46. The lowest BCUT2D eigenvalue weighted by molar-refractivity contribution is 0.0357. The Balaban J connectivity index is 1.62. The third-order valence-electron chi connectivity index (χ3n) is 16.2. The fourth-order valence-corrected chi connectivity index (χ4v) is 19.3. The van der Waals surface area contributed by atoms with Crippen molar-refractivity contribution in [1.29, 1.82) is 0 Å². The van der Waals surface area contributed by atoms with Gasteiger partial charge in [-0.05, 0) is 167 Å². The summed E-state index contributed by atoms with van der Waals surface area (Å²) in [6, 6.07) is 37.3. The fourth-order valence-electron chi connectivity index (χ4n) is 11.0. The predicted molar refractivity (Wildman–Crippen MR) is 399 cm³/mol. The molecule has 0 amide bonds. The Morgan fingerprint density at radius 1 is 0.326 bits per heavy atom. The molecule has 0 aromatic heterocycles. The first-order valence-corrected chi connectivity index (χ1v) is 47.2. The van der Waals surface area contributed by atoms with E-state index in [1.807, 2.05) is 0 Å². The van der Waals surface area contributed by atoms with E-state index >= 15 is 0 Å². The van der Waals surface area contributed by atoms with Gasteiger partial charge in [0.15, 0.2) is 8.32 Å². The van der Waals surface area contributed by atoms with Gasteiger partial charge in [0, 0.05) is 129 Å². The van der Waals surface area contributed by atoms with Crippen LogP contribution in [0.3, 0.4) is 0 Å². The molecular formula is C73H128N4O14Si4. The van der Waals surface area contributed by atoms with Crippen molar-refractivity contribution in [3.8, 4) is 0 Å². The standard InChI is InChI=1S/C73H128N4O14Si4/c1-13-39-86-93(10,11)50-20-46-83-58-70(79)54-75-66-33-25-62(26-34-66)73(61-23-31-65(32-24-61)74-53-69(78)57-82-45-19-49-92(7,8)9,63-27-35-67(36-28-63)76-55-71(80)59-84-47-21-51-94(12,87-40-14-2)88-41-15-3)64-29-37-68(38-30-64)77-56-72(81)60-85-48-22-52-95(89-42-16-4,90-43-17-5)91-44-18-6/h23-38,69-72,74-81H,13-22,39-60H2,1-12H3. The minimum atomic E-state index is -2.85. The van der Waals surface area contributed by atoms with E-state index in [2.05, 4.69) is 199 Å². The number of hydrogen-bond acceptors (Lipinski definition) is 18. The van der Waals surface area contributed by atoms with Gasteiger partial charge in [0.2, 0.25) is 0 Å². The molecule has 0 aliphatic rings. The summed E-state index contributed by atoms with van der Waals surface area (Å²) < 4.78 is 61.2. The Kier molecular flexibility index (Phi) is 41.2. The lowest BCUT2D eigenvalue weighted by Crippen LogP contribution is -2.46. The number of anilines is 4. The molecule has 22 heteroatoms. The van der Waals surface area contributed by atoms with Gasteiger partial charge in [0.25, 0.3) is 0 Å². The molecule has 4 rings (SSSR count). The normalized spacial score (nSPS) is 14.3. The van der Waals surface area contributed by atoms with Crippen molar-refractivity contribution in [3.63, 3.8) is 0 Å². The smallest absolute Gasteiger partial charge is 0.417 e. The quantitative estimate of drug-likeness (QED) is 0.0117. The van der Waals surface area contributed by atoms with Crippen LogP contribution >= 0.6 is 0 Å². The van der Waals surface area contributed by atoms with Crippen LogP contribution in [-0.4, -0.2) is 197 Å². The summed E-state index contributed by atoms with van der Waals surface area (Å²) in [7, 11) is -8.03. The summed E-state index contributed by atoms with van der Waals surface area (Å²) in [6.45, 7) is 34.5.